The van der Waals surface area contributed by atoms with Gasteiger partial charge in [-0.1, -0.05) is 71.4 Å². The number of hydrogen-bond donors (Lipinski definition) is 3. The summed E-state index contributed by atoms with van der Waals surface area (Å²) in [7, 11) is 9.35. The number of likely N-dealkylation sites (tertiary alicyclic amines) is 1. The monoisotopic (exact) mass is 747 g/mol. The van der Waals surface area contributed by atoms with E-state index < -0.39 is 72.7 Å². The summed E-state index contributed by atoms with van der Waals surface area (Å²) in [6.45, 7) is 9.49. The molecule has 14 nitrogen and oxygen atoms in total. The lowest BCUT2D eigenvalue weighted by Crippen LogP contribution is -2.59. The summed E-state index contributed by atoms with van der Waals surface area (Å²) in [5.74, 6) is -2.95. The summed E-state index contributed by atoms with van der Waals surface area (Å²) in [5.41, 5.74) is 0.867. The minimum Gasteiger partial charge on any atom is -0.467 e. The number of aliphatic hydroxyl groups excluding tert-OH is 1. The number of aliphatic hydroxyl groups is 1. The molecule has 1 heterocycles. The third kappa shape index (κ3) is 12.2. The van der Waals surface area contributed by atoms with Crippen LogP contribution in [0.15, 0.2) is 30.3 Å². The highest BCUT2D eigenvalue weighted by molar-refractivity contribution is 5.90. The number of hydrogen-bond acceptors (Lipinski definition) is 10. The van der Waals surface area contributed by atoms with Crippen LogP contribution in [0.25, 0.3) is 0 Å². The third-order valence-electron chi connectivity index (χ3n) is 10.7. The molecule has 1 aliphatic heterocycles. The Bertz CT molecular complexity index is 1330. The number of ether oxygens (including phenoxy) is 3. The molecule has 4 amide bonds. The van der Waals surface area contributed by atoms with Crippen LogP contribution in [0.3, 0.4) is 0 Å². The lowest BCUT2D eigenvalue weighted by Gasteiger charge is -2.41. The summed E-state index contributed by atoms with van der Waals surface area (Å²) in [6, 6.07) is 5.84. The van der Waals surface area contributed by atoms with Gasteiger partial charge in [-0.3, -0.25) is 24.1 Å². The Hall–Kier alpha value is -3.59. The topological polar surface area (TPSA) is 167 Å². The first-order valence-electron chi connectivity index (χ1n) is 18.7. The van der Waals surface area contributed by atoms with Crippen molar-refractivity contribution in [1.29, 1.82) is 0 Å². The Morgan fingerprint density at radius 2 is 1.58 bits per heavy atom. The van der Waals surface area contributed by atoms with E-state index in [2.05, 4.69) is 10.6 Å². The standard InChI is InChI=1S/C39H65N5O9/c1-12-25(4)34(43(8)38(49)33(24(2)3)41-37(48)30(23-45)42(6)7)31(51-9)22-32(46)44-20-16-19-29(44)35(52-10)26(5)36(47)40-28(39(50)53-11)21-27-17-14-13-15-18-27/h13-15,17-18,24-26,28-31,33-35,45H,12,16,19-23H2,1-11H3,(H,40,47)(H,41,48)/t25?,26?,28?,29-,30?,31?,33?,34?,35?/m0/s1. The van der Waals surface area contributed by atoms with Crippen molar-refractivity contribution >= 4 is 29.6 Å². The Morgan fingerprint density at radius 1 is 0.943 bits per heavy atom. The van der Waals surface area contributed by atoms with Crippen LogP contribution in [0.1, 0.15) is 65.9 Å². The van der Waals surface area contributed by atoms with Gasteiger partial charge in [0.15, 0.2) is 0 Å². The molecule has 9 atom stereocenters. The molecule has 0 radical (unpaired) electrons. The average Bonchev–Trinajstić information content (AvgIpc) is 3.62. The predicted octanol–water partition coefficient (Wildman–Crippen LogP) is 1.87. The number of nitrogens with one attached hydrogen (secondary N) is 2. The van der Waals surface area contributed by atoms with Gasteiger partial charge in [0.2, 0.25) is 23.6 Å². The zero-order chi connectivity index (χ0) is 40.0. The van der Waals surface area contributed by atoms with Gasteiger partial charge >= 0.3 is 5.97 Å². The molecule has 1 saturated heterocycles. The van der Waals surface area contributed by atoms with Crippen molar-refractivity contribution in [2.75, 3.05) is 55.6 Å². The molecular formula is C39H65N5O9. The fourth-order valence-electron chi connectivity index (χ4n) is 7.26. The Labute approximate surface area is 316 Å². The summed E-state index contributed by atoms with van der Waals surface area (Å²) in [4.78, 5) is 72.5. The summed E-state index contributed by atoms with van der Waals surface area (Å²) in [6.07, 6.45) is 0.929. The zero-order valence-corrected chi connectivity index (χ0v) is 33.7. The summed E-state index contributed by atoms with van der Waals surface area (Å²) >= 11 is 0. The van der Waals surface area contributed by atoms with Crippen LogP contribution >= 0.6 is 0 Å². The summed E-state index contributed by atoms with van der Waals surface area (Å²) in [5, 5.41) is 15.5. The lowest BCUT2D eigenvalue weighted by atomic mass is 9.89. The Kier molecular flexibility index (Phi) is 18.9. The molecule has 2 rings (SSSR count). The molecule has 1 aromatic rings. The van der Waals surface area contributed by atoms with Crippen LogP contribution < -0.4 is 10.6 Å². The van der Waals surface area contributed by atoms with Crippen molar-refractivity contribution < 1.29 is 43.3 Å². The molecule has 1 fully saturated rings. The van der Waals surface area contributed by atoms with Gasteiger partial charge in [-0.05, 0) is 44.3 Å². The van der Waals surface area contributed by atoms with Gasteiger partial charge in [-0.25, -0.2) is 4.79 Å². The summed E-state index contributed by atoms with van der Waals surface area (Å²) < 4.78 is 16.9. The molecule has 1 aliphatic rings. The zero-order valence-electron chi connectivity index (χ0n) is 33.7. The van der Waals surface area contributed by atoms with E-state index in [-0.39, 0.29) is 36.5 Å². The van der Waals surface area contributed by atoms with Crippen molar-refractivity contribution in [2.45, 2.75) is 109 Å². The first kappa shape index (κ1) is 45.6. The number of amides is 4. The maximum absolute atomic E-state index is 14.2. The smallest absolute Gasteiger partial charge is 0.328 e. The maximum atomic E-state index is 14.2. The molecule has 300 valence electrons. The van der Waals surface area contributed by atoms with Crippen molar-refractivity contribution in [1.82, 2.24) is 25.3 Å². The van der Waals surface area contributed by atoms with E-state index >= 15 is 0 Å². The fourth-order valence-corrected chi connectivity index (χ4v) is 7.26. The van der Waals surface area contributed by atoms with Gasteiger partial charge in [0.1, 0.15) is 18.1 Å². The van der Waals surface area contributed by atoms with Gasteiger partial charge in [-0.2, -0.15) is 0 Å². The second-order valence-corrected chi connectivity index (χ2v) is 14.8. The molecular weight excluding hydrogens is 682 g/mol. The number of rotatable bonds is 21. The van der Waals surface area contributed by atoms with Crippen molar-refractivity contribution in [2.24, 2.45) is 17.8 Å². The van der Waals surface area contributed by atoms with Crippen molar-refractivity contribution in [3.05, 3.63) is 35.9 Å². The fraction of sp³-hybridized carbons (Fsp3) is 0.718. The maximum Gasteiger partial charge on any atom is 0.328 e. The van der Waals surface area contributed by atoms with Gasteiger partial charge < -0.3 is 39.8 Å². The number of methoxy groups -OCH3 is 3. The van der Waals surface area contributed by atoms with Crippen LogP contribution in [0.5, 0.6) is 0 Å². The van der Waals surface area contributed by atoms with Crippen LogP contribution in [0.2, 0.25) is 0 Å². The largest absolute Gasteiger partial charge is 0.467 e. The number of likely N-dealkylation sites (N-methyl/N-ethyl adjacent to an activating group) is 2. The molecule has 14 heteroatoms. The molecule has 8 unspecified atom stereocenters. The first-order chi connectivity index (χ1) is 25.1. The van der Waals surface area contributed by atoms with Crippen LogP contribution in [-0.2, 0) is 44.6 Å². The number of esters is 1. The van der Waals surface area contributed by atoms with Gasteiger partial charge in [0, 0.05) is 34.2 Å². The number of nitrogens with zero attached hydrogens (tertiary/aromatic N) is 3. The first-order valence-corrected chi connectivity index (χ1v) is 18.7. The number of carbonyl (C=O) groups excluding carboxylic acids is 5. The molecule has 0 bridgehead atoms. The second kappa shape index (κ2) is 21.9. The number of carbonyl (C=O) groups is 5. The van der Waals surface area contributed by atoms with Crippen LogP contribution in [-0.4, -0.2) is 147 Å². The van der Waals surface area contributed by atoms with E-state index in [1.165, 1.54) is 21.3 Å². The highest BCUT2D eigenvalue weighted by Crippen LogP contribution is 2.30. The molecule has 0 aromatic heterocycles. The van der Waals surface area contributed by atoms with Crippen molar-refractivity contribution in [3.63, 3.8) is 0 Å². The van der Waals surface area contributed by atoms with Gasteiger partial charge in [0.05, 0.1) is 50.3 Å². The van der Waals surface area contributed by atoms with E-state index in [0.29, 0.717) is 25.8 Å². The Morgan fingerprint density at radius 3 is 2.09 bits per heavy atom. The van der Waals surface area contributed by atoms with Gasteiger partial charge in [-0.15, -0.1) is 0 Å². The highest BCUT2D eigenvalue weighted by atomic mass is 16.5. The molecule has 3 N–H and O–H groups in total. The molecule has 0 spiro atoms. The highest BCUT2D eigenvalue weighted by Gasteiger charge is 2.43. The second-order valence-electron chi connectivity index (χ2n) is 14.8. The van der Waals surface area contributed by atoms with Crippen LogP contribution in [0.4, 0.5) is 0 Å². The average molecular weight is 748 g/mol. The van der Waals surface area contributed by atoms with E-state index in [4.69, 9.17) is 14.2 Å². The van der Waals surface area contributed by atoms with Gasteiger partial charge in [0.25, 0.3) is 0 Å². The molecule has 53 heavy (non-hydrogen) atoms. The Balaban J connectivity index is 2.27. The lowest BCUT2D eigenvalue weighted by molar-refractivity contribution is -0.149. The molecule has 1 aromatic carbocycles. The van der Waals surface area contributed by atoms with E-state index in [0.717, 1.165) is 5.56 Å². The normalized spacial score (nSPS) is 19.1. The molecule has 0 aliphatic carbocycles. The van der Waals surface area contributed by atoms with E-state index in [9.17, 15) is 29.1 Å². The minimum atomic E-state index is -0.900. The SMILES string of the molecule is CCC(C)C(C(CC(=O)N1CCC[C@H]1C(OC)C(C)C(=O)NC(Cc1ccccc1)C(=O)OC)OC)N(C)C(=O)C(NC(=O)C(CO)N(C)C)C(C)C. The minimum absolute atomic E-state index is 0.0238. The van der Waals surface area contributed by atoms with Crippen LogP contribution in [0, 0.1) is 17.8 Å². The quantitative estimate of drug-likeness (QED) is 0.158. The molecule has 0 saturated carbocycles. The van der Waals surface area contributed by atoms with Crippen molar-refractivity contribution in [3.8, 4) is 0 Å². The number of benzene rings is 1. The third-order valence-corrected chi connectivity index (χ3v) is 10.7. The van der Waals surface area contributed by atoms with E-state index in [1.807, 2.05) is 58.0 Å². The van der Waals surface area contributed by atoms with E-state index in [1.54, 1.807) is 42.8 Å². The predicted molar refractivity (Wildman–Crippen MR) is 202 cm³/mol.